The Labute approximate surface area is 154 Å². The molecule has 1 N–H and O–H groups in total. The topological polar surface area (TPSA) is 58.1 Å². The number of aromatic nitrogens is 2. The predicted molar refractivity (Wildman–Crippen MR) is 104 cm³/mol. The van der Waals surface area contributed by atoms with Crippen LogP contribution in [0.1, 0.15) is 20.8 Å². The van der Waals surface area contributed by atoms with E-state index in [0.717, 1.165) is 12.0 Å². The fourth-order valence-corrected chi connectivity index (χ4v) is 4.31. The van der Waals surface area contributed by atoms with Gasteiger partial charge >= 0.3 is 0 Å². The van der Waals surface area contributed by atoms with Crippen LogP contribution in [0.5, 0.6) is 0 Å². The van der Waals surface area contributed by atoms with Crippen molar-refractivity contribution in [1.82, 2.24) is 14.5 Å². The van der Waals surface area contributed by atoms with Gasteiger partial charge in [-0.05, 0) is 36.7 Å². The van der Waals surface area contributed by atoms with Crippen LogP contribution in [0, 0.1) is 11.7 Å². The lowest BCUT2D eigenvalue weighted by Crippen LogP contribution is -2.24. The Hall–Kier alpha value is -2.25. The van der Waals surface area contributed by atoms with Crippen molar-refractivity contribution in [2.75, 3.05) is 14.1 Å². The standard InChI is InChI=1S/C18H19N3O2S2/c1-11-13-15(25-14(11)17(23)20(2)3)19-18(24)21(16(13)22)10-9-12-7-5-4-6-8-12/h4-8H,9-10H2,1-3H3,(H,19,24). The van der Waals surface area contributed by atoms with Gasteiger partial charge < -0.3 is 9.88 Å². The molecule has 7 heteroatoms. The van der Waals surface area contributed by atoms with Gasteiger partial charge in [0, 0.05) is 20.6 Å². The first-order chi connectivity index (χ1) is 11.9. The summed E-state index contributed by atoms with van der Waals surface area (Å²) >= 11 is 6.66. The Balaban J connectivity index is 2.06. The minimum atomic E-state index is -0.138. The Kier molecular flexibility index (Phi) is 4.87. The number of benzene rings is 1. The summed E-state index contributed by atoms with van der Waals surface area (Å²) in [5.74, 6) is -0.103. The van der Waals surface area contributed by atoms with E-state index in [2.05, 4.69) is 4.98 Å². The van der Waals surface area contributed by atoms with Crippen LogP contribution in [-0.4, -0.2) is 34.5 Å². The summed E-state index contributed by atoms with van der Waals surface area (Å²) in [6.07, 6.45) is 0.719. The smallest absolute Gasteiger partial charge is 0.263 e. The van der Waals surface area contributed by atoms with E-state index in [0.29, 0.717) is 32.0 Å². The highest BCUT2D eigenvalue weighted by Gasteiger charge is 2.20. The van der Waals surface area contributed by atoms with Gasteiger partial charge in [-0.15, -0.1) is 11.3 Å². The zero-order valence-electron chi connectivity index (χ0n) is 14.3. The Morgan fingerprint density at radius 2 is 1.96 bits per heavy atom. The molecule has 0 spiro atoms. The van der Waals surface area contributed by atoms with Gasteiger partial charge in [-0.2, -0.15) is 0 Å². The van der Waals surface area contributed by atoms with Gasteiger partial charge in [0.2, 0.25) is 0 Å². The molecule has 25 heavy (non-hydrogen) atoms. The molecule has 0 fully saturated rings. The van der Waals surface area contributed by atoms with Crippen molar-refractivity contribution in [2.45, 2.75) is 19.9 Å². The van der Waals surface area contributed by atoms with Gasteiger partial charge in [0.15, 0.2) is 4.77 Å². The highest BCUT2D eigenvalue weighted by Crippen LogP contribution is 2.27. The summed E-state index contributed by atoms with van der Waals surface area (Å²) < 4.78 is 1.97. The van der Waals surface area contributed by atoms with Crippen LogP contribution in [0.15, 0.2) is 35.1 Å². The third kappa shape index (κ3) is 3.29. The maximum absolute atomic E-state index is 13.0. The summed E-state index contributed by atoms with van der Waals surface area (Å²) in [6, 6.07) is 9.97. The van der Waals surface area contributed by atoms with E-state index in [9.17, 15) is 9.59 Å². The number of aryl methyl sites for hydroxylation is 2. The molecule has 3 rings (SSSR count). The number of carbonyl (C=O) groups is 1. The van der Waals surface area contributed by atoms with Crippen molar-refractivity contribution in [3.8, 4) is 0 Å². The summed E-state index contributed by atoms with van der Waals surface area (Å²) in [4.78, 5) is 31.1. The van der Waals surface area contributed by atoms with Crippen molar-refractivity contribution in [2.24, 2.45) is 0 Å². The van der Waals surface area contributed by atoms with E-state index in [1.165, 1.54) is 16.2 Å². The third-order valence-electron chi connectivity index (χ3n) is 4.14. The fourth-order valence-electron chi connectivity index (χ4n) is 2.75. The van der Waals surface area contributed by atoms with E-state index in [1.807, 2.05) is 37.3 Å². The molecule has 0 bridgehead atoms. The molecule has 0 saturated heterocycles. The lowest BCUT2D eigenvalue weighted by molar-refractivity contribution is 0.0831. The molecule has 5 nitrogen and oxygen atoms in total. The van der Waals surface area contributed by atoms with Crippen molar-refractivity contribution in [3.05, 3.63) is 61.5 Å². The zero-order chi connectivity index (χ0) is 18.1. The number of fused-ring (bicyclic) bond motifs is 1. The van der Waals surface area contributed by atoms with Crippen LogP contribution in [0.25, 0.3) is 10.2 Å². The highest BCUT2D eigenvalue weighted by atomic mass is 32.1. The average Bonchev–Trinajstić information content (AvgIpc) is 2.91. The van der Waals surface area contributed by atoms with Gasteiger partial charge in [-0.1, -0.05) is 30.3 Å². The SMILES string of the molecule is Cc1c(C(=O)N(C)C)sc2[nH]c(=S)n(CCc3ccccc3)c(=O)c12. The third-order valence-corrected chi connectivity index (χ3v) is 5.66. The van der Waals surface area contributed by atoms with Crippen molar-refractivity contribution >= 4 is 39.7 Å². The molecule has 0 radical (unpaired) electrons. The first kappa shape index (κ1) is 17.6. The monoisotopic (exact) mass is 373 g/mol. The molecule has 3 aromatic rings. The van der Waals surface area contributed by atoms with Gasteiger partial charge in [0.1, 0.15) is 4.83 Å². The molecular weight excluding hydrogens is 354 g/mol. The Bertz CT molecular complexity index is 1050. The first-order valence-electron chi connectivity index (χ1n) is 7.92. The van der Waals surface area contributed by atoms with Gasteiger partial charge in [0.25, 0.3) is 11.5 Å². The Morgan fingerprint density at radius 3 is 2.60 bits per heavy atom. The van der Waals surface area contributed by atoms with Crippen molar-refractivity contribution < 1.29 is 4.79 Å². The van der Waals surface area contributed by atoms with E-state index in [4.69, 9.17) is 12.2 Å². The number of hydrogen-bond donors (Lipinski definition) is 1. The lowest BCUT2D eigenvalue weighted by atomic mass is 10.1. The number of carbonyl (C=O) groups excluding carboxylic acids is 1. The quantitative estimate of drug-likeness (QED) is 0.714. The van der Waals surface area contributed by atoms with Gasteiger partial charge in [0.05, 0.1) is 10.3 Å². The van der Waals surface area contributed by atoms with Crippen LogP contribution < -0.4 is 5.56 Å². The first-order valence-corrected chi connectivity index (χ1v) is 9.14. The maximum Gasteiger partial charge on any atom is 0.263 e. The molecule has 130 valence electrons. The molecule has 0 aliphatic carbocycles. The number of amides is 1. The summed E-state index contributed by atoms with van der Waals surface area (Å²) in [5.41, 5.74) is 1.72. The lowest BCUT2D eigenvalue weighted by Gasteiger charge is -2.08. The van der Waals surface area contributed by atoms with Crippen LogP contribution >= 0.6 is 23.6 Å². The fraction of sp³-hybridized carbons (Fsp3) is 0.278. The summed E-state index contributed by atoms with van der Waals surface area (Å²) in [5, 5.41) is 0.553. The summed E-state index contributed by atoms with van der Waals surface area (Å²) in [6.45, 7) is 2.32. The molecule has 0 atom stereocenters. The average molecular weight is 374 g/mol. The number of nitrogens with one attached hydrogen (secondary N) is 1. The molecule has 0 aliphatic rings. The minimum absolute atomic E-state index is 0.103. The van der Waals surface area contributed by atoms with Crippen LogP contribution in [0.4, 0.5) is 0 Å². The molecule has 1 amide bonds. The van der Waals surface area contributed by atoms with E-state index >= 15 is 0 Å². The molecule has 0 unspecified atom stereocenters. The number of H-pyrrole nitrogens is 1. The molecule has 2 heterocycles. The van der Waals surface area contributed by atoms with Crippen molar-refractivity contribution in [1.29, 1.82) is 0 Å². The number of aromatic amines is 1. The second kappa shape index (κ2) is 6.93. The van der Waals surface area contributed by atoms with Crippen LogP contribution in [0.3, 0.4) is 0 Å². The minimum Gasteiger partial charge on any atom is -0.344 e. The van der Waals surface area contributed by atoms with Gasteiger partial charge in [-0.25, -0.2) is 0 Å². The second-order valence-corrected chi connectivity index (χ2v) is 7.49. The number of thiophene rings is 1. The van der Waals surface area contributed by atoms with Crippen LogP contribution in [-0.2, 0) is 13.0 Å². The molecule has 0 saturated carbocycles. The van der Waals surface area contributed by atoms with E-state index < -0.39 is 0 Å². The summed E-state index contributed by atoms with van der Waals surface area (Å²) in [7, 11) is 3.40. The molecule has 2 aromatic heterocycles. The zero-order valence-corrected chi connectivity index (χ0v) is 16.0. The van der Waals surface area contributed by atoms with Crippen molar-refractivity contribution in [3.63, 3.8) is 0 Å². The molecular formula is C18H19N3O2S2. The molecule has 1 aromatic carbocycles. The maximum atomic E-state index is 13.0. The number of rotatable bonds is 4. The van der Waals surface area contributed by atoms with E-state index in [1.54, 1.807) is 18.7 Å². The second-order valence-electron chi connectivity index (χ2n) is 6.08. The largest absolute Gasteiger partial charge is 0.344 e. The molecule has 0 aliphatic heterocycles. The highest BCUT2D eigenvalue weighted by molar-refractivity contribution is 7.71. The number of hydrogen-bond acceptors (Lipinski definition) is 4. The Morgan fingerprint density at radius 1 is 1.28 bits per heavy atom. The van der Waals surface area contributed by atoms with Crippen LogP contribution in [0.2, 0.25) is 0 Å². The van der Waals surface area contributed by atoms with Gasteiger partial charge in [-0.3, -0.25) is 14.2 Å². The normalized spacial score (nSPS) is 11.0. The predicted octanol–water partition coefficient (Wildman–Crippen LogP) is 3.37. The van der Waals surface area contributed by atoms with E-state index in [-0.39, 0.29) is 11.5 Å². The number of nitrogens with zero attached hydrogens (tertiary/aromatic N) is 2.